The Hall–Kier alpha value is -1.22. The second kappa shape index (κ2) is 6.50. The van der Waals surface area contributed by atoms with Crippen LogP contribution in [0.3, 0.4) is 0 Å². The van der Waals surface area contributed by atoms with Gasteiger partial charge in [-0.15, -0.1) is 11.6 Å². The normalized spacial score (nSPS) is 12.0. The van der Waals surface area contributed by atoms with Crippen LogP contribution in [0.5, 0.6) is 5.75 Å². The molecule has 0 aliphatic rings. The number of ether oxygens (including phenoxy) is 1. The lowest BCUT2D eigenvalue weighted by Crippen LogP contribution is -2.37. The highest BCUT2D eigenvalue weighted by Crippen LogP contribution is 2.14. The van der Waals surface area contributed by atoms with Crippen LogP contribution in [0, 0.1) is 0 Å². The summed E-state index contributed by atoms with van der Waals surface area (Å²) in [5, 5.41) is 0. The third kappa shape index (κ3) is 3.93. The molecule has 1 aromatic carbocycles. The number of likely N-dealkylation sites (N-methyl/N-ethyl adjacent to an activating group) is 1. The molecule has 0 aliphatic carbocycles. The maximum Gasteiger partial charge on any atom is 0.227 e. The van der Waals surface area contributed by atoms with E-state index in [1.165, 1.54) is 0 Å². The van der Waals surface area contributed by atoms with Crippen LogP contribution in [-0.4, -0.2) is 36.9 Å². The second-order valence-corrected chi connectivity index (χ2v) is 4.34. The molecule has 1 atom stereocenters. The van der Waals surface area contributed by atoms with E-state index in [4.69, 9.17) is 16.3 Å². The summed E-state index contributed by atoms with van der Waals surface area (Å²) in [6, 6.07) is 7.58. The van der Waals surface area contributed by atoms with Gasteiger partial charge in [-0.25, -0.2) is 0 Å². The number of rotatable bonds is 5. The molecule has 0 aliphatic heterocycles. The van der Waals surface area contributed by atoms with Crippen LogP contribution in [0.1, 0.15) is 12.5 Å². The second-order valence-electron chi connectivity index (χ2n) is 4.04. The lowest BCUT2D eigenvalue weighted by Gasteiger charge is -2.23. The monoisotopic (exact) mass is 255 g/mol. The van der Waals surface area contributed by atoms with Gasteiger partial charge >= 0.3 is 0 Å². The van der Waals surface area contributed by atoms with Gasteiger partial charge in [-0.1, -0.05) is 12.1 Å². The number of amides is 1. The van der Waals surface area contributed by atoms with Crippen LogP contribution >= 0.6 is 11.6 Å². The molecule has 1 unspecified atom stereocenters. The van der Waals surface area contributed by atoms with Crippen LogP contribution in [-0.2, 0) is 11.2 Å². The van der Waals surface area contributed by atoms with Crippen LogP contribution in [0.25, 0.3) is 0 Å². The first-order chi connectivity index (χ1) is 8.08. The highest BCUT2D eigenvalue weighted by Gasteiger charge is 2.15. The zero-order chi connectivity index (χ0) is 12.8. The van der Waals surface area contributed by atoms with Crippen molar-refractivity contribution < 1.29 is 9.53 Å². The first kappa shape index (κ1) is 13.8. The average Bonchev–Trinajstić information content (AvgIpc) is 2.37. The fourth-order valence-corrected chi connectivity index (χ4v) is 1.64. The number of carbonyl (C=O) groups excluding carboxylic acids is 1. The first-order valence-corrected chi connectivity index (χ1v) is 6.06. The van der Waals surface area contributed by atoms with Gasteiger partial charge in [0, 0.05) is 19.0 Å². The minimum Gasteiger partial charge on any atom is -0.497 e. The summed E-state index contributed by atoms with van der Waals surface area (Å²) in [6.07, 6.45) is 0.370. The van der Waals surface area contributed by atoms with Crippen molar-refractivity contribution >= 4 is 17.5 Å². The maximum absolute atomic E-state index is 11.9. The van der Waals surface area contributed by atoms with E-state index in [0.717, 1.165) is 11.3 Å². The number of benzene rings is 1. The number of alkyl halides is 1. The zero-order valence-electron chi connectivity index (χ0n) is 10.4. The Morgan fingerprint density at radius 1 is 1.53 bits per heavy atom. The fourth-order valence-electron chi connectivity index (χ4n) is 1.43. The molecule has 0 heterocycles. The molecule has 0 N–H and O–H groups in total. The Morgan fingerprint density at radius 2 is 2.24 bits per heavy atom. The summed E-state index contributed by atoms with van der Waals surface area (Å²) in [5.74, 6) is 1.27. The van der Waals surface area contributed by atoms with Gasteiger partial charge in [-0.3, -0.25) is 4.79 Å². The predicted octanol–water partition coefficient (Wildman–Crippen LogP) is 2.32. The highest BCUT2D eigenvalue weighted by molar-refractivity contribution is 6.18. The maximum atomic E-state index is 11.9. The molecule has 1 rings (SSSR count). The minimum atomic E-state index is 0.0507. The van der Waals surface area contributed by atoms with E-state index >= 15 is 0 Å². The number of halogens is 1. The molecule has 0 saturated carbocycles. The van der Waals surface area contributed by atoms with Crippen LogP contribution < -0.4 is 4.74 Å². The molecule has 17 heavy (non-hydrogen) atoms. The van der Waals surface area contributed by atoms with Crippen LogP contribution in [0.15, 0.2) is 24.3 Å². The largest absolute Gasteiger partial charge is 0.497 e. The summed E-state index contributed by atoms with van der Waals surface area (Å²) in [5.41, 5.74) is 0.947. The molecule has 94 valence electrons. The SMILES string of the molecule is COc1cccc(CC(=O)N(C)C(C)CCl)c1. The van der Waals surface area contributed by atoms with E-state index in [0.29, 0.717) is 12.3 Å². The van der Waals surface area contributed by atoms with Gasteiger partial charge in [0.15, 0.2) is 0 Å². The van der Waals surface area contributed by atoms with Crippen molar-refractivity contribution in [1.29, 1.82) is 0 Å². The third-order valence-electron chi connectivity index (χ3n) is 2.77. The molecule has 1 amide bonds. The van der Waals surface area contributed by atoms with Gasteiger partial charge < -0.3 is 9.64 Å². The van der Waals surface area contributed by atoms with Crippen LogP contribution in [0.2, 0.25) is 0 Å². The van der Waals surface area contributed by atoms with Gasteiger partial charge in [0.2, 0.25) is 5.91 Å². The third-order valence-corrected chi connectivity index (χ3v) is 3.21. The number of hydrogen-bond donors (Lipinski definition) is 0. The molecular formula is C13H18ClNO2. The van der Waals surface area contributed by atoms with Gasteiger partial charge in [0.05, 0.1) is 13.5 Å². The highest BCUT2D eigenvalue weighted by atomic mass is 35.5. The molecule has 0 spiro atoms. The standard InChI is InChI=1S/C13H18ClNO2/c1-10(9-14)15(2)13(16)8-11-5-4-6-12(7-11)17-3/h4-7,10H,8-9H2,1-3H3. The average molecular weight is 256 g/mol. The molecule has 0 aromatic heterocycles. The molecular weight excluding hydrogens is 238 g/mol. The summed E-state index contributed by atoms with van der Waals surface area (Å²) in [6.45, 7) is 1.93. The zero-order valence-corrected chi connectivity index (χ0v) is 11.2. The van der Waals surface area contributed by atoms with Crippen molar-refractivity contribution in [3.8, 4) is 5.75 Å². The Balaban J connectivity index is 2.67. The van der Waals surface area contributed by atoms with Gasteiger partial charge in [0.25, 0.3) is 0 Å². The van der Waals surface area contributed by atoms with Crippen molar-refractivity contribution in [2.75, 3.05) is 20.0 Å². The smallest absolute Gasteiger partial charge is 0.227 e. The molecule has 1 aromatic rings. The van der Waals surface area contributed by atoms with Gasteiger partial charge in [0.1, 0.15) is 5.75 Å². The summed E-state index contributed by atoms with van der Waals surface area (Å²) in [7, 11) is 3.39. The van der Waals surface area contributed by atoms with E-state index in [2.05, 4.69) is 0 Å². The van der Waals surface area contributed by atoms with Crippen molar-refractivity contribution in [2.24, 2.45) is 0 Å². The summed E-state index contributed by atoms with van der Waals surface area (Å²) < 4.78 is 5.12. The number of carbonyl (C=O) groups is 1. The van der Waals surface area contributed by atoms with Crippen molar-refractivity contribution in [3.05, 3.63) is 29.8 Å². The first-order valence-electron chi connectivity index (χ1n) is 5.53. The molecule has 0 bridgehead atoms. The van der Waals surface area contributed by atoms with Crippen molar-refractivity contribution in [3.63, 3.8) is 0 Å². The minimum absolute atomic E-state index is 0.0507. The Kier molecular flexibility index (Phi) is 5.29. The topological polar surface area (TPSA) is 29.5 Å². The van der Waals surface area contributed by atoms with Crippen molar-refractivity contribution in [1.82, 2.24) is 4.90 Å². The molecule has 0 fully saturated rings. The quantitative estimate of drug-likeness (QED) is 0.756. The van der Waals surface area contributed by atoms with Gasteiger partial charge in [-0.05, 0) is 24.6 Å². The van der Waals surface area contributed by atoms with E-state index in [1.807, 2.05) is 31.2 Å². The van der Waals surface area contributed by atoms with Crippen molar-refractivity contribution in [2.45, 2.75) is 19.4 Å². The molecule has 4 heteroatoms. The molecule has 3 nitrogen and oxygen atoms in total. The fraction of sp³-hybridized carbons (Fsp3) is 0.462. The molecule has 0 radical (unpaired) electrons. The number of methoxy groups -OCH3 is 1. The Morgan fingerprint density at radius 3 is 2.82 bits per heavy atom. The van der Waals surface area contributed by atoms with Crippen LogP contribution in [0.4, 0.5) is 0 Å². The lowest BCUT2D eigenvalue weighted by atomic mass is 10.1. The Labute approximate surface area is 107 Å². The summed E-state index contributed by atoms with van der Waals surface area (Å²) >= 11 is 5.73. The lowest BCUT2D eigenvalue weighted by molar-refractivity contribution is -0.130. The molecule has 0 saturated heterocycles. The van der Waals surface area contributed by atoms with E-state index < -0.39 is 0 Å². The van der Waals surface area contributed by atoms with E-state index in [-0.39, 0.29) is 11.9 Å². The number of nitrogens with zero attached hydrogens (tertiary/aromatic N) is 1. The Bertz CT molecular complexity index is 381. The van der Waals surface area contributed by atoms with E-state index in [1.54, 1.807) is 19.1 Å². The summed E-state index contributed by atoms with van der Waals surface area (Å²) in [4.78, 5) is 13.6. The predicted molar refractivity (Wildman–Crippen MR) is 69.7 cm³/mol. The van der Waals surface area contributed by atoms with Gasteiger partial charge in [-0.2, -0.15) is 0 Å². The number of hydrogen-bond acceptors (Lipinski definition) is 2. The van der Waals surface area contributed by atoms with E-state index in [9.17, 15) is 4.79 Å².